The highest BCUT2D eigenvalue weighted by Gasteiger charge is 2.53. The van der Waals surface area contributed by atoms with E-state index in [1.54, 1.807) is 0 Å². The predicted molar refractivity (Wildman–Crippen MR) is 207 cm³/mol. The molecule has 0 radical (unpaired) electrons. The van der Waals surface area contributed by atoms with Crippen LogP contribution >= 0.6 is 23.2 Å². The van der Waals surface area contributed by atoms with Crippen LogP contribution in [0, 0.1) is 27.7 Å². The summed E-state index contributed by atoms with van der Waals surface area (Å²) in [4.78, 5) is 0. The van der Waals surface area contributed by atoms with E-state index in [1.807, 2.05) is 0 Å². The number of benzene rings is 4. The molecular weight excluding hydrogens is 627 g/mol. The molecule has 2 unspecified atom stereocenters. The normalized spacial score (nSPS) is 22.9. The third-order valence-electron chi connectivity index (χ3n) is 12.2. The molecule has 2 atom stereocenters. The van der Waals surface area contributed by atoms with Crippen LogP contribution in [0.2, 0.25) is 0 Å². The van der Waals surface area contributed by atoms with Crippen molar-refractivity contribution in [1.29, 1.82) is 0 Å². The molecule has 47 heavy (non-hydrogen) atoms. The van der Waals surface area contributed by atoms with E-state index < -0.39 is 18.5 Å². The number of hydrogen-bond donors (Lipinski definition) is 0. The van der Waals surface area contributed by atoms with Crippen LogP contribution in [0.15, 0.2) is 59.7 Å². The Morgan fingerprint density at radius 3 is 1.19 bits per heavy atom. The van der Waals surface area contributed by atoms with Gasteiger partial charge in [-0.3, -0.25) is 0 Å². The summed E-state index contributed by atoms with van der Waals surface area (Å²) in [5.74, 6) is 0. The number of halogens is 2. The highest BCUT2D eigenvalue weighted by Crippen LogP contribution is 2.60. The Morgan fingerprint density at radius 1 is 0.468 bits per heavy atom. The minimum Gasteiger partial charge on any atom is -0.114 e. The predicted octanol–water partition coefficient (Wildman–Crippen LogP) is 11.5. The maximum atomic E-state index is 8.23. The van der Waals surface area contributed by atoms with E-state index in [4.69, 9.17) is 23.2 Å². The van der Waals surface area contributed by atoms with Crippen LogP contribution in [0.3, 0.4) is 0 Å². The Labute approximate surface area is 294 Å². The van der Waals surface area contributed by atoms with Crippen molar-refractivity contribution in [3.05, 3.63) is 126 Å². The lowest BCUT2D eigenvalue weighted by Crippen LogP contribution is -2.40. The second-order valence-electron chi connectivity index (χ2n) is 15.4. The van der Waals surface area contributed by atoms with Gasteiger partial charge < -0.3 is 0 Å². The van der Waals surface area contributed by atoms with E-state index in [-0.39, 0.29) is 0 Å². The molecule has 0 fully saturated rings. The Morgan fingerprint density at radius 2 is 0.830 bits per heavy atom. The average molecular weight is 674 g/mol. The van der Waals surface area contributed by atoms with E-state index in [1.165, 1.54) is 124 Å². The molecule has 0 nitrogen and oxygen atoms in total. The van der Waals surface area contributed by atoms with E-state index >= 15 is 0 Å². The van der Waals surface area contributed by atoms with Crippen molar-refractivity contribution in [2.75, 3.05) is 0 Å². The maximum Gasteiger partial charge on any atom is 0.0923 e. The average Bonchev–Trinajstić information content (AvgIpc) is 3.76. The number of allylic oxidation sites excluding steroid dienone is 4. The topological polar surface area (TPSA) is 0 Å². The Balaban J connectivity index is 1.35. The van der Waals surface area contributed by atoms with Crippen molar-refractivity contribution in [3.8, 4) is 22.3 Å². The molecule has 0 aromatic heterocycles. The molecule has 4 aliphatic carbocycles. The fourth-order valence-electron chi connectivity index (χ4n) is 9.93. The standard InChI is InChI=1S/C44H46Cl2Si/c1-23-15-24(2)18-33(17-23)41-35-13-9-11-31(35)21-37-39(41)27(5)29(7)43(37,45)47-44(46)30(8)28(6)40-38(44)22-32-12-10-14-36(32)42(40)34-19-25(3)16-26(4)20-34/h15-22H,9-14,47H2,1-8H3. The zero-order chi connectivity index (χ0) is 33.2. The second-order valence-corrected chi connectivity index (χ2v) is 20.0. The summed E-state index contributed by atoms with van der Waals surface area (Å²) in [5, 5.41) is 0. The zero-order valence-corrected chi connectivity index (χ0v) is 32.3. The minimum atomic E-state index is -1.24. The first-order valence-electron chi connectivity index (χ1n) is 17.6. The largest absolute Gasteiger partial charge is 0.114 e. The summed E-state index contributed by atoms with van der Waals surface area (Å²) in [6, 6.07) is 19.1. The molecule has 4 aliphatic rings. The fraction of sp³-hybridized carbons (Fsp3) is 0.364. The van der Waals surface area contributed by atoms with Crippen LogP contribution in [0.4, 0.5) is 0 Å². The van der Waals surface area contributed by atoms with Gasteiger partial charge in [-0.2, -0.15) is 0 Å². The molecule has 0 aliphatic heterocycles. The molecule has 0 bridgehead atoms. The quantitative estimate of drug-likeness (QED) is 0.149. The number of aryl methyl sites for hydroxylation is 6. The van der Waals surface area contributed by atoms with Crippen LogP contribution in [-0.2, 0) is 34.7 Å². The van der Waals surface area contributed by atoms with E-state index in [0.29, 0.717) is 0 Å². The van der Waals surface area contributed by atoms with Crippen molar-refractivity contribution >= 4 is 43.9 Å². The van der Waals surface area contributed by atoms with Crippen molar-refractivity contribution in [2.45, 2.75) is 103 Å². The number of alkyl halides is 2. The summed E-state index contributed by atoms with van der Waals surface area (Å²) in [6.45, 7) is 18.1. The van der Waals surface area contributed by atoms with Gasteiger partial charge in [0, 0.05) is 0 Å². The number of fused-ring (bicyclic) bond motifs is 4. The first kappa shape index (κ1) is 31.4. The lowest BCUT2D eigenvalue weighted by atomic mass is 9.86. The van der Waals surface area contributed by atoms with Gasteiger partial charge in [0.15, 0.2) is 0 Å². The molecule has 0 N–H and O–H groups in total. The number of rotatable bonds is 4. The van der Waals surface area contributed by atoms with Crippen LogP contribution in [0.1, 0.15) is 107 Å². The first-order chi connectivity index (χ1) is 22.3. The SMILES string of the molecule is CC1=C(C)C(Cl)([SiH2]C2(Cl)C(C)=C(C)c3c2cc2c(c3-c3cc(C)cc(C)c3)CCC2)c2cc3c(c(-c4cc(C)cc(C)c4)c21)CCC3. The summed E-state index contributed by atoms with van der Waals surface area (Å²) in [5.41, 5.74) is 27.6. The van der Waals surface area contributed by atoms with Crippen molar-refractivity contribution in [1.82, 2.24) is 0 Å². The highest BCUT2D eigenvalue weighted by molar-refractivity contribution is 6.70. The molecule has 4 aromatic carbocycles. The summed E-state index contributed by atoms with van der Waals surface area (Å²) < 4.78 is -1.12. The third kappa shape index (κ3) is 4.52. The van der Waals surface area contributed by atoms with Crippen molar-refractivity contribution < 1.29 is 0 Å². The van der Waals surface area contributed by atoms with Gasteiger partial charge in [-0.05, 0) is 183 Å². The van der Waals surface area contributed by atoms with Gasteiger partial charge >= 0.3 is 0 Å². The molecule has 0 saturated carbocycles. The first-order valence-corrected chi connectivity index (χ1v) is 19.8. The smallest absolute Gasteiger partial charge is 0.0923 e. The monoisotopic (exact) mass is 672 g/mol. The summed E-state index contributed by atoms with van der Waals surface area (Å²) >= 11 is 16.5. The van der Waals surface area contributed by atoms with E-state index in [9.17, 15) is 0 Å². The van der Waals surface area contributed by atoms with Crippen molar-refractivity contribution in [2.24, 2.45) is 0 Å². The van der Waals surface area contributed by atoms with Crippen LogP contribution in [-0.4, -0.2) is 9.52 Å². The van der Waals surface area contributed by atoms with Gasteiger partial charge in [-0.15, -0.1) is 23.2 Å². The summed E-state index contributed by atoms with van der Waals surface area (Å²) in [6.07, 6.45) is 6.97. The van der Waals surface area contributed by atoms with E-state index in [2.05, 4.69) is 104 Å². The van der Waals surface area contributed by atoms with Gasteiger partial charge in [0.2, 0.25) is 0 Å². The van der Waals surface area contributed by atoms with Crippen LogP contribution in [0.25, 0.3) is 33.4 Å². The second kappa shape index (κ2) is 10.8. The van der Waals surface area contributed by atoms with Gasteiger partial charge in [0.1, 0.15) is 0 Å². The molecule has 0 heterocycles. The minimum absolute atomic E-state index is 0.561. The number of hydrogen-bond acceptors (Lipinski definition) is 0. The molecule has 4 aromatic rings. The van der Waals surface area contributed by atoms with Gasteiger partial charge in [-0.25, -0.2) is 0 Å². The molecular formula is C44H46Cl2Si. The molecule has 240 valence electrons. The molecule has 3 heteroatoms. The van der Waals surface area contributed by atoms with Gasteiger partial charge in [-0.1, -0.05) is 70.8 Å². The Bertz CT molecular complexity index is 1940. The zero-order valence-electron chi connectivity index (χ0n) is 29.3. The van der Waals surface area contributed by atoms with Crippen LogP contribution < -0.4 is 0 Å². The van der Waals surface area contributed by atoms with Gasteiger partial charge in [0.25, 0.3) is 0 Å². The molecule has 8 rings (SSSR count). The molecule has 0 saturated heterocycles. The highest BCUT2D eigenvalue weighted by atomic mass is 35.5. The lowest BCUT2D eigenvalue weighted by Gasteiger charge is -2.36. The van der Waals surface area contributed by atoms with Crippen LogP contribution in [0.5, 0.6) is 0 Å². The van der Waals surface area contributed by atoms with E-state index in [0.717, 1.165) is 25.7 Å². The van der Waals surface area contributed by atoms with Gasteiger partial charge in [0.05, 0.1) is 18.5 Å². The third-order valence-corrected chi connectivity index (χ3v) is 16.8. The van der Waals surface area contributed by atoms with Crippen molar-refractivity contribution in [3.63, 3.8) is 0 Å². The molecule has 0 spiro atoms. The Kier molecular flexibility index (Phi) is 7.24. The lowest BCUT2D eigenvalue weighted by molar-refractivity contribution is 0.904. The molecule has 0 amide bonds. The Hall–Kier alpha value is -2.84. The summed E-state index contributed by atoms with van der Waals surface area (Å²) in [7, 11) is -1.24. The fourth-order valence-corrected chi connectivity index (χ4v) is 14.6. The maximum absolute atomic E-state index is 8.23.